The number of amides is 1. The maximum atomic E-state index is 11.7. The zero-order valence-electron chi connectivity index (χ0n) is 9.28. The van der Waals surface area contributed by atoms with Crippen LogP contribution in [0, 0.1) is 0 Å². The van der Waals surface area contributed by atoms with Crippen molar-refractivity contribution in [2.75, 3.05) is 24.6 Å². The Morgan fingerprint density at radius 3 is 2.93 bits per heavy atom. The van der Waals surface area contributed by atoms with Crippen molar-refractivity contribution in [3.8, 4) is 0 Å². The summed E-state index contributed by atoms with van der Waals surface area (Å²) < 4.78 is 0. The van der Waals surface area contributed by atoms with Gasteiger partial charge in [-0.3, -0.25) is 4.79 Å². The summed E-state index contributed by atoms with van der Waals surface area (Å²) in [5, 5.41) is 0. The highest BCUT2D eigenvalue weighted by Gasteiger charge is 2.20. The molecule has 1 fully saturated rings. The van der Waals surface area contributed by atoms with Crippen LogP contribution in [0.5, 0.6) is 0 Å². The quantitative estimate of drug-likeness (QED) is 0.772. The molecule has 0 spiro atoms. The highest BCUT2D eigenvalue weighted by molar-refractivity contribution is 7.99. The van der Waals surface area contributed by atoms with Crippen LogP contribution in [0.1, 0.15) is 26.2 Å². The molecule has 0 aromatic heterocycles. The smallest absolute Gasteiger partial charge is 0.232 e. The van der Waals surface area contributed by atoms with Gasteiger partial charge >= 0.3 is 0 Å². The number of hydrogen-bond donors (Lipinski definition) is 1. The predicted molar refractivity (Wildman–Crippen MR) is 68.7 cm³/mol. The Balaban J connectivity index is 0.00000196. The van der Waals surface area contributed by atoms with E-state index < -0.39 is 0 Å². The van der Waals surface area contributed by atoms with Crippen LogP contribution in [0.25, 0.3) is 0 Å². The number of hydrogen-bond acceptors (Lipinski definition) is 3. The summed E-state index contributed by atoms with van der Waals surface area (Å²) in [6.07, 6.45) is 3.26. The first-order valence-electron chi connectivity index (χ1n) is 5.35. The molecule has 1 saturated heterocycles. The van der Waals surface area contributed by atoms with Gasteiger partial charge in [0.1, 0.15) is 0 Å². The Morgan fingerprint density at radius 2 is 2.33 bits per heavy atom. The summed E-state index contributed by atoms with van der Waals surface area (Å²) in [7, 11) is 0. The molecule has 0 bridgehead atoms. The zero-order chi connectivity index (χ0) is 10.4. The average Bonchev–Trinajstić information content (AvgIpc) is 2.18. The fraction of sp³-hybridized carbons (Fsp3) is 0.900. The van der Waals surface area contributed by atoms with E-state index >= 15 is 0 Å². The second-order valence-corrected chi connectivity index (χ2v) is 4.90. The summed E-state index contributed by atoms with van der Waals surface area (Å²) in [4.78, 5) is 13.6. The number of carbonyl (C=O) groups excluding carboxylic acids is 1. The molecule has 5 heteroatoms. The predicted octanol–water partition coefficient (Wildman–Crippen LogP) is 1.50. The van der Waals surface area contributed by atoms with E-state index in [2.05, 4.69) is 6.92 Å². The Kier molecular flexibility index (Phi) is 8.29. The van der Waals surface area contributed by atoms with Gasteiger partial charge in [-0.05, 0) is 25.0 Å². The van der Waals surface area contributed by atoms with Gasteiger partial charge in [0.15, 0.2) is 0 Å². The van der Waals surface area contributed by atoms with E-state index in [4.69, 9.17) is 5.73 Å². The maximum absolute atomic E-state index is 11.7. The van der Waals surface area contributed by atoms with Gasteiger partial charge in [-0.1, -0.05) is 6.92 Å². The highest BCUT2D eigenvalue weighted by Crippen LogP contribution is 2.11. The number of piperidine rings is 1. The van der Waals surface area contributed by atoms with Crippen molar-refractivity contribution in [1.29, 1.82) is 0 Å². The first-order valence-corrected chi connectivity index (χ1v) is 6.50. The number of carbonyl (C=O) groups is 1. The highest BCUT2D eigenvalue weighted by atomic mass is 35.5. The van der Waals surface area contributed by atoms with E-state index in [-0.39, 0.29) is 24.4 Å². The van der Waals surface area contributed by atoms with Crippen LogP contribution in [0.4, 0.5) is 0 Å². The Hall–Kier alpha value is 0.0700. The minimum atomic E-state index is 0. The Morgan fingerprint density at radius 1 is 1.60 bits per heavy atom. The molecule has 1 aliphatic heterocycles. The molecule has 1 atom stereocenters. The van der Waals surface area contributed by atoms with Gasteiger partial charge in [0.05, 0.1) is 5.75 Å². The number of thioether (sulfide) groups is 1. The molecule has 3 nitrogen and oxygen atoms in total. The van der Waals surface area contributed by atoms with E-state index in [9.17, 15) is 4.79 Å². The SMILES string of the molecule is CCCSCC(=O)N1CCC[C@@H](N)C1.Cl. The second kappa shape index (κ2) is 8.25. The molecular formula is C10H21ClN2OS. The van der Waals surface area contributed by atoms with E-state index in [1.165, 1.54) is 0 Å². The molecule has 1 rings (SSSR count). The molecule has 15 heavy (non-hydrogen) atoms. The monoisotopic (exact) mass is 252 g/mol. The molecule has 1 amide bonds. The normalized spacial score (nSPS) is 20.9. The summed E-state index contributed by atoms with van der Waals surface area (Å²) in [5.74, 6) is 1.96. The van der Waals surface area contributed by atoms with Gasteiger partial charge in [0.25, 0.3) is 0 Å². The first-order chi connectivity index (χ1) is 6.74. The lowest BCUT2D eigenvalue weighted by Gasteiger charge is -2.30. The fourth-order valence-electron chi connectivity index (χ4n) is 1.63. The van der Waals surface area contributed by atoms with Crippen molar-refractivity contribution < 1.29 is 4.79 Å². The summed E-state index contributed by atoms with van der Waals surface area (Å²) in [5.41, 5.74) is 5.82. The minimum absolute atomic E-state index is 0. The van der Waals surface area contributed by atoms with Gasteiger partial charge in [0.2, 0.25) is 5.91 Å². The molecule has 1 heterocycles. The van der Waals surface area contributed by atoms with Gasteiger partial charge < -0.3 is 10.6 Å². The molecule has 0 unspecified atom stereocenters. The zero-order valence-corrected chi connectivity index (χ0v) is 10.9. The molecule has 0 radical (unpaired) electrons. The van der Waals surface area contributed by atoms with Crippen molar-refractivity contribution in [1.82, 2.24) is 4.90 Å². The molecule has 0 aromatic rings. The van der Waals surface area contributed by atoms with Crippen LogP contribution in [-0.2, 0) is 4.79 Å². The van der Waals surface area contributed by atoms with Crippen molar-refractivity contribution in [3.63, 3.8) is 0 Å². The van der Waals surface area contributed by atoms with Crippen LogP contribution in [0.2, 0.25) is 0 Å². The maximum Gasteiger partial charge on any atom is 0.232 e. The lowest BCUT2D eigenvalue weighted by Crippen LogP contribution is -2.46. The standard InChI is InChI=1S/C10H20N2OS.ClH/c1-2-6-14-8-10(13)12-5-3-4-9(11)7-12;/h9H,2-8,11H2,1H3;1H/t9-;/m1./s1. The lowest BCUT2D eigenvalue weighted by molar-refractivity contribution is -0.129. The topological polar surface area (TPSA) is 46.3 Å². The van der Waals surface area contributed by atoms with Crippen molar-refractivity contribution in [3.05, 3.63) is 0 Å². The Bertz CT molecular complexity index is 192. The number of likely N-dealkylation sites (tertiary alicyclic amines) is 1. The molecule has 1 aliphatic rings. The second-order valence-electron chi connectivity index (χ2n) is 3.79. The third kappa shape index (κ3) is 5.64. The average molecular weight is 253 g/mol. The molecule has 0 saturated carbocycles. The number of rotatable bonds is 4. The number of halogens is 1. The largest absolute Gasteiger partial charge is 0.340 e. The van der Waals surface area contributed by atoms with E-state index in [0.29, 0.717) is 5.75 Å². The van der Waals surface area contributed by atoms with Crippen LogP contribution >= 0.6 is 24.2 Å². The molecule has 0 aromatic carbocycles. The van der Waals surface area contributed by atoms with Gasteiger partial charge in [-0.15, -0.1) is 12.4 Å². The van der Waals surface area contributed by atoms with Crippen LogP contribution in [-0.4, -0.2) is 41.4 Å². The van der Waals surface area contributed by atoms with Gasteiger partial charge in [0, 0.05) is 19.1 Å². The summed E-state index contributed by atoms with van der Waals surface area (Å²) >= 11 is 1.72. The van der Waals surface area contributed by atoms with Crippen molar-refractivity contribution in [2.45, 2.75) is 32.2 Å². The third-order valence-electron chi connectivity index (χ3n) is 2.38. The Labute approximate surface area is 103 Å². The summed E-state index contributed by atoms with van der Waals surface area (Å²) in [6, 6.07) is 0.198. The number of nitrogens with zero attached hydrogens (tertiary/aromatic N) is 1. The van der Waals surface area contributed by atoms with Crippen LogP contribution < -0.4 is 5.73 Å². The first kappa shape index (κ1) is 15.1. The lowest BCUT2D eigenvalue weighted by atomic mass is 10.1. The third-order valence-corrected chi connectivity index (χ3v) is 3.53. The van der Waals surface area contributed by atoms with E-state index in [1.807, 2.05) is 4.90 Å². The molecule has 90 valence electrons. The summed E-state index contributed by atoms with van der Waals surface area (Å²) in [6.45, 7) is 3.79. The molecular weight excluding hydrogens is 232 g/mol. The van der Waals surface area contributed by atoms with Gasteiger partial charge in [-0.2, -0.15) is 11.8 Å². The molecule has 0 aliphatic carbocycles. The van der Waals surface area contributed by atoms with Crippen LogP contribution in [0.3, 0.4) is 0 Å². The number of nitrogens with two attached hydrogens (primary N) is 1. The van der Waals surface area contributed by atoms with Crippen molar-refractivity contribution in [2.24, 2.45) is 5.73 Å². The van der Waals surface area contributed by atoms with Gasteiger partial charge in [-0.25, -0.2) is 0 Å². The van der Waals surface area contributed by atoms with E-state index in [1.54, 1.807) is 11.8 Å². The fourth-order valence-corrected chi connectivity index (χ4v) is 2.42. The minimum Gasteiger partial charge on any atom is -0.340 e. The molecule has 2 N–H and O–H groups in total. The van der Waals surface area contributed by atoms with Crippen molar-refractivity contribution >= 4 is 30.1 Å². The van der Waals surface area contributed by atoms with E-state index in [0.717, 1.165) is 38.1 Å². The van der Waals surface area contributed by atoms with Crippen LogP contribution in [0.15, 0.2) is 0 Å².